The van der Waals surface area contributed by atoms with E-state index in [4.69, 9.17) is 10.5 Å². The lowest BCUT2D eigenvalue weighted by atomic mass is 9.77. The van der Waals surface area contributed by atoms with Gasteiger partial charge in [-0.25, -0.2) is 4.79 Å². The first-order valence-electron chi connectivity index (χ1n) is 8.94. The average Bonchev–Trinajstić information content (AvgIpc) is 2.63. The fourth-order valence-corrected chi connectivity index (χ4v) is 3.23. The van der Waals surface area contributed by atoms with Crippen LogP contribution in [-0.2, 0) is 4.74 Å². The largest absolute Gasteiger partial charge is 0.444 e. The van der Waals surface area contributed by atoms with E-state index in [0.717, 1.165) is 19.0 Å². The summed E-state index contributed by atoms with van der Waals surface area (Å²) in [7, 11) is 0. The van der Waals surface area contributed by atoms with Gasteiger partial charge in [-0.15, -0.1) is 0 Å². The Morgan fingerprint density at radius 3 is 2.39 bits per heavy atom. The summed E-state index contributed by atoms with van der Waals surface area (Å²) in [5, 5.41) is 2.87. The second-order valence-electron chi connectivity index (χ2n) is 8.80. The van der Waals surface area contributed by atoms with Gasteiger partial charge < -0.3 is 15.8 Å². The fraction of sp³-hybridized carbons (Fsp3) is 0.944. The van der Waals surface area contributed by atoms with Crippen LogP contribution in [0.2, 0.25) is 0 Å². The first kappa shape index (κ1) is 20.2. The topological polar surface area (TPSA) is 67.6 Å². The van der Waals surface area contributed by atoms with Gasteiger partial charge in [0.25, 0.3) is 0 Å². The molecule has 0 aromatic carbocycles. The van der Waals surface area contributed by atoms with Gasteiger partial charge in [-0.2, -0.15) is 0 Å². The van der Waals surface area contributed by atoms with Crippen molar-refractivity contribution in [3.8, 4) is 0 Å². The monoisotopic (exact) mass is 327 g/mol. The van der Waals surface area contributed by atoms with Crippen molar-refractivity contribution >= 4 is 6.09 Å². The molecule has 2 unspecified atom stereocenters. The van der Waals surface area contributed by atoms with Crippen LogP contribution >= 0.6 is 0 Å². The van der Waals surface area contributed by atoms with Crippen LogP contribution in [0.15, 0.2) is 0 Å². The Bertz CT molecular complexity index is 371. The summed E-state index contributed by atoms with van der Waals surface area (Å²) in [5.41, 5.74) is 5.85. The Kier molecular flexibility index (Phi) is 7.33. The quantitative estimate of drug-likeness (QED) is 0.833. The second-order valence-corrected chi connectivity index (χ2v) is 8.80. The van der Waals surface area contributed by atoms with Crippen LogP contribution in [0.4, 0.5) is 4.79 Å². The zero-order valence-electron chi connectivity index (χ0n) is 15.9. The Balaban J connectivity index is 2.50. The molecule has 0 aliphatic carbocycles. The molecule has 0 aromatic rings. The lowest BCUT2D eigenvalue weighted by Gasteiger charge is -2.32. The summed E-state index contributed by atoms with van der Waals surface area (Å²) in [6.07, 6.45) is 3.31. The standard InChI is InChI=1S/C18H37N3O2/c1-17(2,3)14-8-7-10-21(11-9-14)15(12-19)13-20-16(22)23-18(4,5)6/h14-15H,7-13,19H2,1-6H3,(H,20,22). The van der Waals surface area contributed by atoms with Crippen molar-refractivity contribution in [1.82, 2.24) is 10.2 Å². The van der Waals surface area contributed by atoms with Gasteiger partial charge in [0.1, 0.15) is 5.60 Å². The minimum atomic E-state index is -0.467. The molecule has 1 aliphatic rings. The minimum Gasteiger partial charge on any atom is -0.444 e. The van der Waals surface area contributed by atoms with E-state index in [-0.39, 0.29) is 12.1 Å². The highest BCUT2D eigenvalue weighted by Gasteiger charge is 2.29. The highest BCUT2D eigenvalue weighted by molar-refractivity contribution is 5.67. The number of alkyl carbamates (subject to hydrolysis) is 1. The Morgan fingerprint density at radius 2 is 1.87 bits per heavy atom. The molecule has 1 rings (SSSR count). The van der Waals surface area contributed by atoms with Gasteiger partial charge >= 0.3 is 6.09 Å². The lowest BCUT2D eigenvalue weighted by molar-refractivity contribution is 0.0508. The molecule has 1 amide bonds. The van der Waals surface area contributed by atoms with Crippen LogP contribution in [0.5, 0.6) is 0 Å². The summed E-state index contributed by atoms with van der Waals surface area (Å²) in [6, 6.07) is 0.182. The van der Waals surface area contributed by atoms with E-state index in [2.05, 4.69) is 31.0 Å². The second kappa shape index (κ2) is 8.34. The molecule has 1 heterocycles. The predicted octanol–water partition coefficient (Wildman–Crippen LogP) is 2.99. The predicted molar refractivity (Wildman–Crippen MR) is 95.4 cm³/mol. The first-order chi connectivity index (χ1) is 10.5. The average molecular weight is 328 g/mol. The number of rotatable bonds is 4. The molecule has 0 spiro atoms. The number of nitrogens with one attached hydrogen (secondary N) is 1. The lowest BCUT2D eigenvalue weighted by Crippen LogP contribution is -2.49. The van der Waals surface area contributed by atoms with Crippen molar-refractivity contribution < 1.29 is 9.53 Å². The van der Waals surface area contributed by atoms with Gasteiger partial charge in [-0.1, -0.05) is 20.8 Å². The molecule has 5 heteroatoms. The number of nitrogens with two attached hydrogens (primary N) is 1. The summed E-state index contributed by atoms with van der Waals surface area (Å²) in [4.78, 5) is 14.3. The number of nitrogens with zero attached hydrogens (tertiary/aromatic N) is 1. The maximum absolute atomic E-state index is 11.8. The van der Waals surface area contributed by atoms with Crippen molar-refractivity contribution in [3.63, 3.8) is 0 Å². The van der Waals surface area contributed by atoms with Crippen LogP contribution in [-0.4, -0.2) is 48.8 Å². The zero-order chi connectivity index (χ0) is 17.7. The van der Waals surface area contributed by atoms with Crippen molar-refractivity contribution in [2.75, 3.05) is 26.2 Å². The van der Waals surface area contributed by atoms with E-state index in [1.807, 2.05) is 20.8 Å². The van der Waals surface area contributed by atoms with E-state index < -0.39 is 5.60 Å². The number of carbonyl (C=O) groups is 1. The first-order valence-corrected chi connectivity index (χ1v) is 8.94. The molecule has 1 fully saturated rings. The van der Waals surface area contributed by atoms with E-state index in [1.54, 1.807) is 0 Å². The molecule has 5 nitrogen and oxygen atoms in total. The number of hydrogen-bond donors (Lipinski definition) is 2. The Hall–Kier alpha value is -0.810. The van der Waals surface area contributed by atoms with Crippen LogP contribution in [0.25, 0.3) is 0 Å². The third kappa shape index (κ3) is 7.53. The summed E-state index contributed by atoms with van der Waals surface area (Å²) < 4.78 is 5.30. The summed E-state index contributed by atoms with van der Waals surface area (Å²) >= 11 is 0. The summed E-state index contributed by atoms with van der Waals surface area (Å²) in [5.74, 6) is 0.754. The molecular formula is C18H37N3O2. The minimum absolute atomic E-state index is 0.182. The number of hydrogen-bond acceptors (Lipinski definition) is 4. The molecule has 3 N–H and O–H groups in total. The molecule has 1 saturated heterocycles. The molecule has 0 saturated carbocycles. The highest BCUT2D eigenvalue weighted by atomic mass is 16.6. The van der Waals surface area contributed by atoms with E-state index >= 15 is 0 Å². The number of ether oxygens (including phenoxy) is 1. The van der Waals surface area contributed by atoms with Crippen LogP contribution in [0.3, 0.4) is 0 Å². The molecule has 2 atom stereocenters. The molecule has 1 aliphatic heterocycles. The van der Waals surface area contributed by atoms with E-state index in [9.17, 15) is 4.79 Å². The van der Waals surface area contributed by atoms with Gasteiger partial charge in [0.2, 0.25) is 0 Å². The van der Waals surface area contributed by atoms with Gasteiger partial charge in [-0.3, -0.25) is 4.90 Å². The summed E-state index contributed by atoms with van der Waals surface area (Å²) in [6.45, 7) is 15.8. The molecule has 23 heavy (non-hydrogen) atoms. The third-order valence-corrected chi connectivity index (χ3v) is 4.66. The van der Waals surface area contributed by atoms with Gasteiger partial charge in [0.15, 0.2) is 0 Å². The van der Waals surface area contributed by atoms with Gasteiger partial charge in [-0.05, 0) is 64.5 Å². The molecule has 136 valence electrons. The number of carbonyl (C=O) groups excluding carboxylic acids is 1. The maximum atomic E-state index is 11.8. The molecule has 0 bridgehead atoms. The number of amides is 1. The highest BCUT2D eigenvalue weighted by Crippen LogP contribution is 2.34. The Morgan fingerprint density at radius 1 is 1.22 bits per heavy atom. The maximum Gasteiger partial charge on any atom is 0.407 e. The van der Waals surface area contributed by atoms with Crippen molar-refractivity contribution in [2.45, 2.75) is 72.4 Å². The molecular weight excluding hydrogens is 290 g/mol. The van der Waals surface area contributed by atoms with Crippen molar-refractivity contribution in [1.29, 1.82) is 0 Å². The zero-order valence-corrected chi connectivity index (χ0v) is 15.9. The number of likely N-dealkylation sites (tertiary alicyclic amines) is 1. The SMILES string of the molecule is CC(C)(C)OC(=O)NCC(CN)N1CCCC(C(C)(C)C)CC1. The Labute approximate surface area is 142 Å². The van der Waals surface area contributed by atoms with Crippen molar-refractivity contribution in [2.24, 2.45) is 17.1 Å². The van der Waals surface area contributed by atoms with Gasteiger partial charge in [0.05, 0.1) is 0 Å². The molecule has 0 aromatic heterocycles. The van der Waals surface area contributed by atoms with Crippen LogP contribution < -0.4 is 11.1 Å². The van der Waals surface area contributed by atoms with Crippen molar-refractivity contribution in [3.05, 3.63) is 0 Å². The van der Waals surface area contributed by atoms with Crippen LogP contribution in [0.1, 0.15) is 60.8 Å². The van der Waals surface area contributed by atoms with E-state index in [0.29, 0.717) is 18.5 Å². The normalized spacial score (nSPS) is 22.3. The smallest absolute Gasteiger partial charge is 0.407 e. The fourth-order valence-electron chi connectivity index (χ4n) is 3.23. The third-order valence-electron chi connectivity index (χ3n) is 4.66. The molecule has 0 radical (unpaired) electrons. The van der Waals surface area contributed by atoms with E-state index in [1.165, 1.54) is 19.3 Å². The van der Waals surface area contributed by atoms with Gasteiger partial charge in [0, 0.05) is 19.1 Å². The van der Waals surface area contributed by atoms with Crippen LogP contribution in [0, 0.1) is 11.3 Å².